The van der Waals surface area contributed by atoms with Crippen molar-refractivity contribution in [3.05, 3.63) is 0 Å². The SMILES string of the molecule is OCC1COC([CH2][Hg][I])C([CH2][Hg][I])O1. The fraction of sp³-hybridized carbons (Fsp3) is 1.00. The van der Waals surface area contributed by atoms with Gasteiger partial charge in [-0.05, 0) is 0 Å². The molecule has 3 unspecified atom stereocenters. The van der Waals surface area contributed by atoms with Crippen molar-refractivity contribution >= 4 is 35.3 Å². The molecule has 0 aromatic heterocycles. The quantitative estimate of drug-likeness (QED) is 0.342. The van der Waals surface area contributed by atoms with Gasteiger partial charge < -0.3 is 0 Å². The molecule has 1 aliphatic rings. The Morgan fingerprint density at radius 2 is 1.86 bits per heavy atom. The van der Waals surface area contributed by atoms with Crippen molar-refractivity contribution in [1.29, 1.82) is 0 Å². The average Bonchev–Trinajstić information content (AvgIpc) is 2.21. The monoisotopic (exact) mass is 802 g/mol. The molecule has 1 aliphatic heterocycles. The topological polar surface area (TPSA) is 38.7 Å². The molecular formula is C7H12Hg2I2O3. The third-order valence-corrected chi connectivity index (χ3v) is 19.3. The molecule has 3 nitrogen and oxygen atoms in total. The van der Waals surface area contributed by atoms with Crippen molar-refractivity contribution in [2.75, 3.05) is 13.2 Å². The van der Waals surface area contributed by atoms with E-state index in [2.05, 4.69) is 35.3 Å². The van der Waals surface area contributed by atoms with Crippen LogP contribution in [0.3, 0.4) is 0 Å². The summed E-state index contributed by atoms with van der Waals surface area (Å²) in [6.07, 6.45) is 0.652. The van der Waals surface area contributed by atoms with Crippen LogP contribution in [-0.2, 0) is 50.0 Å². The second-order valence-electron chi connectivity index (χ2n) is 3.31. The van der Waals surface area contributed by atoms with Crippen LogP contribution in [0.1, 0.15) is 0 Å². The van der Waals surface area contributed by atoms with Crippen LogP contribution in [0, 0.1) is 0 Å². The molecule has 0 spiro atoms. The Morgan fingerprint density at radius 3 is 2.43 bits per heavy atom. The number of rotatable bonds is 5. The van der Waals surface area contributed by atoms with E-state index in [1.54, 1.807) is 0 Å². The number of halogens is 2. The molecule has 0 radical (unpaired) electrons. The molecule has 0 saturated carbocycles. The van der Waals surface area contributed by atoms with Crippen LogP contribution in [0.5, 0.6) is 0 Å². The van der Waals surface area contributed by atoms with E-state index in [0.717, 1.165) is 0 Å². The molecule has 0 amide bonds. The van der Waals surface area contributed by atoms with Crippen LogP contribution >= 0.6 is 35.3 Å². The van der Waals surface area contributed by atoms with Crippen molar-refractivity contribution in [2.45, 2.75) is 26.2 Å². The third-order valence-electron chi connectivity index (χ3n) is 2.27. The van der Waals surface area contributed by atoms with Crippen LogP contribution in [0.4, 0.5) is 0 Å². The molecule has 0 aromatic rings. The van der Waals surface area contributed by atoms with E-state index in [-0.39, 0.29) is 12.7 Å². The zero-order valence-corrected chi connectivity index (χ0v) is 23.3. The first-order chi connectivity index (χ1) is 6.81. The van der Waals surface area contributed by atoms with Gasteiger partial charge in [-0.1, -0.05) is 0 Å². The standard InChI is InChI=1S/C7H12O3.2Hg.2HI/c1-5-6(2)10-7(3-8)4-9-5;;;;/h5-8H,1-4H2;;;2*1H/q;2*+1;;/p-2. The molecule has 0 aliphatic carbocycles. The van der Waals surface area contributed by atoms with Gasteiger partial charge in [0, 0.05) is 0 Å². The molecule has 1 saturated heterocycles. The predicted molar refractivity (Wildman–Crippen MR) is 63.1 cm³/mol. The van der Waals surface area contributed by atoms with Gasteiger partial charge in [0.05, 0.1) is 0 Å². The Bertz CT molecular complexity index is 164. The number of ether oxygens (including phenoxy) is 2. The van der Waals surface area contributed by atoms with Crippen LogP contribution in [0.15, 0.2) is 0 Å². The van der Waals surface area contributed by atoms with Gasteiger partial charge in [0.2, 0.25) is 0 Å². The van der Waals surface area contributed by atoms with Crippen LogP contribution in [-0.4, -0.2) is 36.6 Å². The summed E-state index contributed by atoms with van der Waals surface area (Å²) >= 11 is 3.89. The summed E-state index contributed by atoms with van der Waals surface area (Å²) in [6.45, 7) is 0.705. The van der Waals surface area contributed by atoms with Gasteiger partial charge in [-0.25, -0.2) is 0 Å². The Morgan fingerprint density at radius 1 is 1.21 bits per heavy atom. The van der Waals surface area contributed by atoms with Gasteiger partial charge in [-0.3, -0.25) is 0 Å². The van der Waals surface area contributed by atoms with E-state index in [1.807, 2.05) is 0 Å². The van der Waals surface area contributed by atoms with E-state index < -0.39 is 40.5 Å². The number of hydrogen-bond acceptors (Lipinski definition) is 3. The maximum absolute atomic E-state index is 9.02. The summed E-state index contributed by atoms with van der Waals surface area (Å²) in [6, 6.07) is 0. The molecule has 7 heteroatoms. The summed E-state index contributed by atoms with van der Waals surface area (Å²) in [5, 5.41) is 9.02. The number of aliphatic hydroxyl groups is 1. The molecule has 0 bridgehead atoms. The van der Waals surface area contributed by atoms with Gasteiger partial charge >= 0.3 is 130 Å². The van der Waals surface area contributed by atoms with Crippen molar-refractivity contribution in [3.8, 4) is 0 Å². The summed E-state index contributed by atoms with van der Waals surface area (Å²) in [4.78, 5) is 0. The zero-order valence-electron chi connectivity index (χ0n) is 7.99. The maximum atomic E-state index is 9.02. The Kier molecular flexibility index (Phi) is 10.0. The van der Waals surface area contributed by atoms with E-state index in [9.17, 15) is 0 Å². The normalized spacial score (nSPS) is 32.1. The first kappa shape index (κ1) is 15.3. The predicted octanol–water partition coefficient (Wildman–Crippen LogP) is 1.83. The molecular weight excluding hydrogens is 787 g/mol. The molecule has 0 aromatic carbocycles. The molecule has 3 atom stereocenters. The van der Waals surface area contributed by atoms with Crippen LogP contribution in [0.25, 0.3) is 0 Å². The first-order valence-electron chi connectivity index (χ1n) is 4.81. The Balaban J connectivity index is 2.42. The Labute approximate surface area is 127 Å². The summed E-state index contributed by atoms with van der Waals surface area (Å²) < 4.78 is 14.2. The average molecular weight is 799 g/mol. The summed E-state index contributed by atoms with van der Waals surface area (Å²) in [7, 11) is 0. The minimum absolute atomic E-state index is 0.0570. The third kappa shape index (κ3) is 5.24. The van der Waals surface area contributed by atoms with Crippen molar-refractivity contribution in [1.82, 2.24) is 0 Å². The van der Waals surface area contributed by atoms with Crippen molar-refractivity contribution in [2.24, 2.45) is 0 Å². The van der Waals surface area contributed by atoms with Gasteiger partial charge in [-0.15, -0.1) is 0 Å². The fourth-order valence-electron chi connectivity index (χ4n) is 1.55. The fourth-order valence-corrected chi connectivity index (χ4v) is 18.1. The zero-order chi connectivity index (χ0) is 10.4. The minimum atomic E-state index is -0.664. The van der Waals surface area contributed by atoms with Gasteiger partial charge in [0.25, 0.3) is 0 Å². The molecule has 1 rings (SSSR count). The van der Waals surface area contributed by atoms with Gasteiger partial charge in [0.15, 0.2) is 0 Å². The second kappa shape index (κ2) is 9.18. The van der Waals surface area contributed by atoms with E-state index in [4.69, 9.17) is 14.6 Å². The van der Waals surface area contributed by atoms with Crippen LogP contribution < -0.4 is 0 Å². The molecule has 1 heterocycles. The molecule has 14 heavy (non-hydrogen) atoms. The van der Waals surface area contributed by atoms with Crippen LogP contribution in [0.2, 0.25) is 7.86 Å². The van der Waals surface area contributed by atoms with Crippen molar-refractivity contribution < 1.29 is 55.1 Å². The molecule has 76 valence electrons. The Hall–Kier alpha value is 3.21. The van der Waals surface area contributed by atoms with E-state index in [1.165, 1.54) is 7.86 Å². The summed E-state index contributed by atoms with van der Waals surface area (Å²) in [5.41, 5.74) is 0. The van der Waals surface area contributed by atoms with E-state index >= 15 is 0 Å². The molecule has 1 fully saturated rings. The molecule has 1 N–H and O–H groups in total. The number of hydrogen-bond donors (Lipinski definition) is 1. The number of aliphatic hydroxyl groups excluding tert-OH is 1. The van der Waals surface area contributed by atoms with Crippen molar-refractivity contribution in [3.63, 3.8) is 0 Å². The van der Waals surface area contributed by atoms with E-state index in [0.29, 0.717) is 18.8 Å². The summed E-state index contributed by atoms with van der Waals surface area (Å²) in [5.74, 6) is 0. The second-order valence-corrected chi connectivity index (χ2v) is 29.7. The van der Waals surface area contributed by atoms with Gasteiger partial charge in [-0.2, -0.15) is 0 Å². The first-order valence-corrected chi connectivity index (χ1v) is 43.5. The van der Waals surface area contributed by atoms with Gasteiger partial charge in [0.1, 0.15) is 0 Å².